The van der Waals surface area contributed by atoms with Crippen LogP contribution in [0, 0.1) is 10.1 Å². The normalized spacial score (nSPS) is 20.3. The van der Waals surface area contributed by atoms with Gasteiger partial charge in [-0.15, -0.1) is 0 Å². The quantitative estimate of drug-likeness (QED) is 0.651. The van der Waals surface area contributed by atoms with Gasteiger partial charge in [0.25, 0.3) is 5.69 Å². The third-order valence-corrected chi connectivity index (χ3v) is 3.48. The highest BCUT2D eigenvalue weighted by Gasteiger charge is 2.23. The van der Waals surface area contributed by atoms with E-state index >= 15 is 0 Å². The van der Waals surface area contributed by atoms with E-state index in [1.165, 1.54) is 6.07 Å². The Morgan fingerprint density at radius 1 is 1.35 bits per heavy atom. The van der Waals surface area contributed by atoms with Gasteiger partial charge in [0.1, 0.15) is 0 Å². The Labute approximate surface area is 116 Å². The van der Waals surface area contributed by atoms with Crippen LogP contribution in [-0.2, 0) is 11.3 Å². The van der Waals surface area contributed by atoms with E-state index in [1.54, 1.807) is 6.07 Å². The minimum Gasteiger partial charge on any atom is -0.454 e. The molecule has 3 rings (SSSR count). The van der Waals surface area contributed by atoms with Gasteiger partial charge in [0.2, 0.25) is 6.79 Å². The zero-order valence-corrected chi connectivity index (χ0v) is 11.0. The van der Waals surface area contributed by atoms with Gasteiger partial charge >= 0.3 is 0 Å². The Morgan fingerprint density at radius 2 is 2.15 bits per heavy atom. The molecule has 1 unspecified atom stereocenters. The zero-order valence-electron chi connectivity index (χ0n) is 11.0. The standard InChI is InChI=1S/C13H16N2O5/c16-15(17)11-5-13-12(19-8-20-13)4-9(11)6-14-7-10-2-1-3-18-10/h4-5,10,14H,1-3,6-8H2. The summed E-state index contributed by atoms with van der Waals surface area (Å²) in [4.78, 5) is 10.7. The summed E-state index contributed by atoms with van der Waals surface area (Å²) in [5, 5.41) is 14.3. The van der Waals surface area contributed by atoms with Gasteiger partial charge < -0.3 is 19.5 Å². The second-order valence-corrected chi connectivity index (χ2v) is 4.86. The van der Waals surface area contributed by atoms with Crippen LogP contribution in [0.3, 0.4) is 0 Å². The molecule has 108 valence electrons. The van der Waals surface area contributed by atoms with Crippen molar-refractivity contribution in [2.45, 2.75) is 25.5 Å². The summed E-state index contributed by atoms with van der Waals surface area (Å²) in [7, 11) is 0. The third-order valence-electron chi connectivity index (χ3n) is 3.48. The zero-order chi connectivity index (χ0) is 13.9. The van der Waals surface area contributed by atoms with Gasteiger partial charge in [-0.2, -0.15) is 0 Å². The summed E-state index contributed by atoms with van der Waals surface area (Å²) in [5.74, 6) is 0.990. The molecule has 0 radical (unpaired) electrons. The van der Waals surface area contributed by atoms with Gasteiger partial charge in [-0.1, -0.05) is 0 Å². The molecule has 0 aromatic heterocycles. The fourth-order valence-electron chi connectivity index (χ4n) is 2.46. The maximum absolute atomic E-state index is 11.1. The monoisotopic (exact) mass is 280 g/mol. The van der Waals surface area contributed by atoms with Crippen LogP contribution in [0.2, 0.25) is 0 Å². The number of benzene rings is 1. The second kappa shape index (κ2) is 5.64. The van der Waals surface area contributed by atoms with Crippen LogP contribution in [0.5, 0.6) is 11.5 Å². The van der Waals surface area contributed by atoms with Gasteiger partial charge in [-0.3, -0.25) is 10.1 Å². The molecule has 0 aliphatic carbocycles. The van der Waals surface area contributed by atoms with Crippen LogP contribution in [0.25, 0.3) is 0 Å². The Kier molecular flexibility index (Phi) is 3.70. The Balaban J connectivity index is 1.69. The number of rotatable bonds is 5. The first-order valence-electron chi connectivity index (χ1n) is 6.63. The van der Waals surface area contributed by atoms with Crippen LogP contribution in [-0.4, -0.2) is 31.0 Å². The fourth-order valence-corrected chi connectivity index (χ4v) is 2.46. The average molecular weight is 280 g/mol. The lowest BCUT2D eigenvalue weighted by atomic mass is 10.1. The number of nitro benzene ring substituents is 1. The van der Waals surface area contributed by atoms with E-state index in [2.05, 4.69) is 5.32 Å². The van der Waals surface area contributed by atoms with Gasteiger partial charge in [0, 0.05) is 25.3 Å². The molecule has 1 aromatic carbocycles. The Bertz CT molecular complexity index is 514. The fraction of sp³-hybridized carbons (Fsp3) is 0.538. The lowest BCUT2D eigenvalue weighted by Gasteiger charge is -2.11. The van der Waals surface area contributed by atoms with Crippen molar-refractivity contribution in [1.82, 2.24) is 5.32 Å². The van der Waals surface area contributed by atoms with Crippen molar-refractivity contribution in [2.24, 2.45) is 0 Å². The van der Waals surface area contributed by atoms with E-state index < -0.39 is 4.92 Å². The molecule has 20 heavy (non-hydrogen) atoms. The largest absolute Gasteiger partial charge is 0.454 e. The van der Waals surface area contributed by atoms with E-state index in [0.717, 1.165) is 19.4 Å². The summed E-state index contributed by atoms with van der Waals surface area (Å²) in [6, 6.07) is 3.09. The van der Waals surface area contributed by atoms with Crippen molar-refractivity contribution in [3.8, 4) is 11.5 Å². The molecule has 0 spiro atoms. The maximum atomic E-state index is 11.1. The summed E-state index contributed by atoms with van der Waals surface area (Å²) < 4.78 is 15.9. The van der Waals surface area contributed by atoms with E-state index in [1.807, 2.05) is 0 Å². The lowest BCUT2D eigenvalue weighted by molar-refractivity contribution is -0.385. The molecular weight excluding hydrogens is 264 g/mol. The molecule has 0 bridgehead atoms. The molecule has 1 fully saturated rings. The van der Waals surface area contributed by atoms with E-state index in [-0.39, 0.29) is 18.6 Å². The molecule has 1 saturated heterocycles. The highest BCUT2D eigenvalue weighted by atomic mass is 16.7. The number of nitrogens with one attached hydrogen (secondary N) is 1. The molecule has 7 nitrogen and oxygen atoms in total. The maximum Gasteiger partial charge on any atom is 0.277 e. The second-order valence-electron chi connectivity index (χ2n) is 4.86. The molecule has 2 aliphatic rings. The van der Waals surface area contributed by atoms with E-state index in [0.29, 0.717) is 30.2 Å². The first-order valence-corrected chi connectivity index (χ1v) is 6.63. The molecule has 1 atom stereocenters. The van der Waals surface area contributed by atoms with Gasteiger partial charge in [-0.25, -0.2) is 0 Å². The minimum absolute atomic E-state index is 0.0501. The smallest absolute Gasteiger partial charge is 0.277 e. The van der Waals surface area contributed by atoms with Crippen LogP contribution in [0.1, 0.15) is 18.4 Å². The van der Waals surface area contributed by atoms with Crippen molar-refractivity contribution in [2.75, 3.05) is 19.9 Å². The summed E-state index contributed by atoms with van der Waals surface area (Å²) in [5.41, 5.74) is 0.645. The number of nitro groups is 1. The molecule has 7 heteroatoms. The summed E-state index contributed by atoms with van der Waals surface area (Å²) in [6.07, 6.45) is 2.33. The molecule has 0 amide bonds. The van der Waals surface area contributed by atoms with E-state index in [4.69, 9.17) is 14.2 Å². The predicted molar refractivity (Wildman–Crippen MR) is 69.9 cm³/mol. The molecule has 2 heterocycles. The highest BCUT2D eigenvalue weighted by molar-refractivity contribution is 5.55. The number of hydrogen-bond acceptors (Lipinski definition) is 6. The SMILES string of the molecule is O=[N+]([O-])c1cc2c(cc1CNCC1CCCO1)OCO2. The number of hydrogen-bond donors (Lipinski definition) is 1. The van der Waals surface area contributed by atoms with Crippen LogP contribution >= 0.6 is 0 Å². The molecule has 0 saturated carbocycles. The third kappa shape index (κ3) is 2.68. The van der Waals surface area contributed by atoms with Crippen LogP contribution in [0.15, 0.2) is 12.1 Å². The van der Waals surface area contributed by atoms with Crippen molar-refractivity contribution >= 4 is 5.69 Å². The number of fused-ring (bicyclic) bond motifs is 1. The first-order chi connectivity index (χ1) is 9.74. The first kappa shape index (κ1) is 13.1. The highest BCUT2D eigenvalue weighted by Crippen LogP contribution is 2.37. The molecule has 1 aromatic rings. The van der Waals surface area contributed by atoms with Crippen molar-refractivity contribution in [1.29, 1.82) is 0 Å². The topological polar surface area (TPSA) is 82.9 Å². The average Bonchev–Trinajstić information content (AvgIpc) is 3.07. The summed E-state index contributed by atoms with van der Waals surface area (Å²) in [6.45, 7) is 2.02. The lowest BCUT2D eigenvalue weighted by Crippen LogP contribution is -2.26. The molecular formula is C13H16N2O5. The van der Waals surface area contributed by atoms with Crippen molar-refractivity contribution in [3.63, 3.8) is 0 Å². The van der Waals surface area contributed by atoms with Crippen LogP contribution in [0.4, 0.5) is 5.69 Å². The van der Waals surface area contributed by atoms with Gasteiger partial charge in [0.15, 0.2) is 11.5 Å². The van der Waals surface area contributed by atoms with Gasteiger partial charge in [0.05, 0.1) is 17.1 Å². The molecule has 1 N–H and O–H groups in total. The number of nitrogens with zero attached hydrogens (tertiary/aromatic N) is 1. The van der Waals surface area contributed by atoms with E-state index in [9.17, 15) is 10.1 Å². The van der Waals surface area contributed by atoms with Crippen LogP contribution < -0.4 is 14.8 Å². The minimum atomic E-state index is -0.398. The molecule has 2 aliphatic heterocycles. The van der Waals surface area contributed by atoms with Gasteiger partial charge in [-0.05, 0) is 18.9 Å². The van der Waals surface area contributed by atoms with Crippen molar-refractivity contribution < 1.29 is 19.1 Å². The Hall–Kier alpha value is -1.86. The Morgan fingerprint density at radius 3 is 2.85 bits per heavy atom. The summed E-state index contributed by atoms with van der Waals surface area (Å²) >= 11 is 0. The number of ether oxygens (including phenoxy) is 3. The predicted octanol–water partition coefficient (Wildman–Crippen LogP) is 1.59. The van der Waals surface area contributed by atoms with Crippen molar-refractivity contribution in [3.05, 3.63) is 27.8 Å².